The Morgan fingerprint density at radius 2 is 2.11 bits per heavy atom. The molecule has 0 saturated carbocycles. The van der Waals surface area contributed by atoms with E-state index in [2.05, 4.69) is 12.2 Å². The minimum atomic E-state index is -1.13. The molecule has 1 aromatic rings. The highest BCUT2D eigenvalue weighted by Crippen LogP contribution is 2.15. The standard InChI is InChI=1S/C14H23NO2S/c1-4-7-15-9-13(16)10-18(17)14-6-5-11(2)8-12(14)3/h5-6,8,13,15-16H,4,7,9-10H2,1-3H3. The van der Waals surface area contributed by atoms with Crippen molar-refractivity contribution in [1.82, 2.24) is 5.32 Å². The number of hydrogen-bond donors (Lipinski definition) is 2. The minimum absolute atomic E-state index is 0.292. The molecule has 0 aliphatic heterocycles. The van der Waals surface area contributed by atoms with Crippen LogP contribution in [0, 0.1) is 13.8 Å². The molecule has 2 N–H and O–H groups in total. The first-order chi connectivity index (χ1) is 8.54. The Morgan fingerprint density at radius 3 is 2.72 bits per heavy atom. The van der Waals surface area contributed by atoms with Gasteiger partial charge in [0.15, 0.2) is 0 Å². The second kappa shape index (κ2) is 7.67. The summed E-state index contributed by atoms with van der Waals surface area (Å²) in [5, 5.41) is 12.9. The van der Waals surface area contributed by atoms with Crippen molar-refractivity contribution >= 4 is 10.8 Å². The van der Waals surface area contributed by atoms with Crippen LogP contribution in [0.3, 0.4) is 0 Å². The van der Waals surface area contributed by atoms with E-state index in [0.717, 1.165) is 23.4 Å². The highest BCUT2D eigenvalue weighted by molar-refractivity contribution is 7.85. The molecule has 0 amide bonds. The lowest BCUT2D eigenvalue weighted by atomic mass is 10.2. The van der Waals surface area contributed by atoms with Crippen molar-refractivity contribution in [3.63, 3.8) is 0 Å². The van der Waals surface area contributed by atoms with E-state index in [1.54, 1.807) is 0 Å². The summed E-state index contributed by atoms with van der Waals surface area (Å²) in [5.41, 5.74) is 2.19. The summed E-state index contributed by atoms with van der Waals surface area (Å²) >= 11 is 0. The molecular weight excluding hydrogens is 246 g/mol. The van der Waals surface area contributed by atoms with E-state index in [-0.39, 0.29) is 0 Å². The number of aliphatic hydroxyl groups is 1. The van der Waals surface area contributed by atoms with Crippen LogP contribution < -0.4 is 5.32 Å². The van der Waals surface area contributed by atoms with Gasteiger partial charge in [-0.3, -0.25) is 4.21 Å². The summed E-state index contributed by atoms with van der Waals surface area (Å²) in [6, 6.07) is 5.88. The quantitative estimate of drug-likeness (QED) is 0.742. The fourth-order valence-electron chi connectivity index (χ4n) is 1.82. The van der Waals surface area contributed by atoms with Crippen LogP contribution in [0.1, 0.15) is 24.5 Å². The highest BCUT2D eigenvalue weighted by atomic mass is 32.2. The van der Waals surface area contributed by atoms with Gasteiger partial charge < -0.3 is 10.4 Å². The number of rotatable bonds is 7. The number of nitrogens with one attached hydrogen (secondary N) is 1. The smallest absolute Gasteiger partial charge is 0.0783 e. The summed E-state index contributed by atoms with van der Waals surface area (Å²) in [6.45, 7) is 7.44. The minimum Gasteiger partial charge on any atom is -0.391 e. The van der Waals surface area contributed by atoms with E-state index < -0.39 is 16.9 Å². The Kier molecular flexibility index (Phi) is 6.54. The van der Waals surface area contributed by atoms with Crippen molar-refractivity contribution < 1.29 is 9.32 Å². The molecule has 1 aromatic carbocycles. The molecule has 0 fully saturated rings. The topological polar surface area (TPSA) is 49.3 Å². The second-order valence-electron chi connectivity index (χ2n) is 4.64. The van der Waals surface area contributed by atoms with Gasteiger partial charge in [-0.05, 0) is 38.4 Å². The van der Waals surface area contributed by atoms with Gasteiger partial charge in [0.1, 0.15) is 0 Å². The lowest BCUT2D eigenvalue weighted by molar-refractivity contribution is 0.195. The molecule has 0 bridgehead atoms. The predicted octanol–water partition coefficient (Wildman–Crippen LogP) is 1.77. The molecular formula is C14H23NO2S. The van der Waals surface area contributed by atoms with Gasteiger partial charge in [-0.25, -0.2) is 0 Å². The fourth-order valence-corrected chi connectivity index (χ4v) is 3.11. The molecule has 4 heteroatoms. The molecule has 0 aliphatic rings. The van der Waals surface area contributed by atoms with E-state index in [1.807, 2.05) is 32.0 Å². The van der Waals surface area contributed by atoms with Crippen molar-refractivity contribution in [2.24, 2.45) is 0 Å². The molecule has 2 atom stereocenters. The van der Waals surface area contributed by atoms with Crippen molar-refractivity contribution in [2.75, 3.05) is 18.8 Å². The third-order valence-corrected chi connectivity index (χ3v) is 4.36. The average molecular weight is 269 g/mol. The van der Waals surface area contributed by atoms with Gasteiger partial charge in [-0.1, -0.05) is 24.6 Å². The SMILES string of the molecule is CCCNCC(O)CS(=O)c1ccc(C)cc1C. The lowest BCUT2D eigenvalue weighted by Gasteiger charge is -2.12. The summed E-state index contributed by atoms with van der Waals surface area (Å²) in [6.07, 6.45) is 0.477. The van der Waals surface area contributed by atoms with Crippen LogP contribution in [0.5, 0.6) is 0 Å². The summed E-state index contributed by atoms with van der Waals surface area (Å²) in [4.78, 5) is 0.829. The normalized spacial score (nSPS) is 14.4. The molecule has 0 aliphatic carbocycles. The molecule has 0 spiro atoms. The molecule has 0 saturated heterocycles. The van der Waals surface area contributed by atoms with Crippen molar-refractivity contribution in [2.45, 2.75) is 38.2 Å². The molecule has 102 valence electrons. The van der Waals surface area contributed by atoms with Crippen LogP contribution in [0.2, 0.25) is 0 Å². The van der Waals surface area contributed by atoms with Crippen LogP contribution >= 0.6 is 0 Å². The van der Waals surface area contributed by atoms with E-state index >= 15 is 0 Å². The molecule has 18 heavy (non-hydrogen) atoms. The largest absolute Gasteiger partial charge is 0.391 e. The maximum absolute atomic E-state index is 12.1. The van der Waals surface area contributed by atoms with E-state index in [4.69, 9.17) is 0 Å². The van der Waals surface area contributed by atoms with E-state index in [9.17, 15) is 9.32 Å². The van der Waals surface area contributed by atoms with Gasteiger partial charge in [-0.15, -0.1) is 0 Å². The van der Waals surface area contributed by atoms with Crippen molar-refractivity contribution in [3.8, 4) is 0 Å². The van der Waals surface area contributed by atoms with Gasteiger partial charge in [0.2, 0.25) is 0 Å². The fraction of sp³-hybridized carbons (Fsp3) is 0.571. The number of aliphatic hydroxyl groups excluding tert-OH is 1. The summed E-state index contributed by atoms with van der Waals surface area (Å²) in [7, 11) is -1.13. The van der Waals surface area contributed by atoms with Crippen LogP contribution in [0.4, 0.5) is 0 Å². The molecule has 0 radical (unpaired) electrons. The Balaban J connectivity index is 2.54. The summed E-state index contributed by atoms with van der Waals surface area (Å²) in [5.74, 6) is 0.292. The Bertz CT molecular complexity index is 407. The first-order valence-electron chi connectivity index (χ1n) is 6.39. The monoisotopic (exact) mass is 269 g/mol. The molecule has 3 nitrogen and oxygen atoms in total. The van der Waals surface area contributed by atoms with E-state index in [1.165, 1.54) is 5.56 Å². The zero-order chi connectivity index (χ0) is 13.5. The Labute approximate surface area is 112 Å². The molecule has 2 unspecified atom stereocenters. The molecule has 0 heterocycles. The third kappa shape index (κ3) is 4.88. The Morgan fingerprint density at radius 1 is 1.39 bits per heavy atom. The number of hydrogen-bond acceptors (Lipinski definition) is 3. The van der Waals surface area contributed by atoms with Gasteiger partial charge in [0, 0.05) is 11.4 Å². The van der Waals surface area contributed by atoms with Gasteiger partial charge >= 0.3 is 0 Å². The maximum atomic E-state index is 12.1. The van der Waals surface area contributed by atoms with Crippen molar-refractivity contribution in [1.29, 1.82) is 0 Å². The first-order valence-corrected chi connectivity index (χ1v) is 7.71. The van der Waals surface area contributed by atoms with Crippen molar-refractivity contribution in [3.05, 3.63) is 29.3 Å². The highest BCUT2D eigenvalue weighted by Gasteiger charge is 2.12. The number of benzene rings is 1. The maximum Gasteiger partial charge on any atom is 0.0783 e. The lowest BCUT2D eigenvalue weighted by Crippen LogP contribution is -2.31. The molecule has 1 rings (SSSR count). The van der Waals surface area contributed by atoms with Gasteiger partial charge in [0.05, 0.1) is 22.7 Å². The zero-order valence-electron chi connectivity index (χ0n) is 11.4. The third-order valence-electron chi connectivity index (χ3n) is 2.73. The average Bonchev–Trinajstić information content (AvgIpc) is 2.28. The molecule has 0 aromatic heterocycles. The van der Waals surface area contributed by atoms with E-state index in [0.29, 0.717) is 12.3 Å². The first kappa shape index (κ1) is 15.3. The van der Waals surface area contributed by atoms with Crippen LogP contribution in [0.15, 0.2) is 23.1 Å². The van der Waals surface area contributed by atoms with Gasteiger partial charge in [0.25, 0.3) is 0 Å². The zero-order valence-corrected chi connectivity index (χ0v) is 12.2. The van der Waals surface area contributed by atoms with Crippen LogP contribution in [0.25, 0.3) is 0 Å². The van der Waals surface area contributed by atoms with Crippen LogP contribution in [-0.4, -0.2) is 34.3 Å². The van der Waals surface area contributed by atoms with Gasteiger partial charge in [-0.2, -0.15) is 0 Å². The number of aryl methyl sites for hydroxylation is 2. The Hall–Kier alpha value is -0.710. The predicted molar refractivity (Wildman–Crippen MR) is 76.4 cm³/mol. The second-order valence-corrected chi connectivity index (χ2v) is 6.10. The summed E-state index contributed by atoms with van der Waals surface area (Å²) < 4.78 is 12.1. The van der Waals surface area contributed by atoms with Crippen LogP contribution in [-0.2, 0) is 10.8 Å².